The molecule has 0 bridgehead atoms. The van der Waals surface area contributed by atoms with E-state index in [1.807, 2.05) is 18.3 Å². The van der Waals surface area contributed by atoms with E-state index in [1.54, 1.807) is 24.2 Å². The Balaban J connectivity index is 1.24. The Morgan fingerprint density at radius 3 is 2.74 bits per heavy atom. The van der Waals surface area contributed by atoms with Crippen molar-refractivity contribution in [3.05, 3.63) is 77.4 Å². The first-order chi connectivity index (χ1) is 15.2. The summed E-state index contributed by atoms with van der Waals surface area (Å²) in [5, 5.41) is 11.5. The minimum atomic E-state index is 0.265. The van der Waals surface area contributed by atoms with Gasteiger partial charge in [0.05, 0.1) is 11.9 Å². The first-order valence-corrected chi connectivity index (χ1v) is 11.3. The van der Waals surface area contributed by atoms with Crippen LogP contribution < -0.4 is 16.0 Å². The van der Waals surface area contributed by atoms with Gasteiger partial charge >= 0.3 is 0 Å². The number of hydrogen-bond donors (Lipinski definition) is 3. The molecule has 0 aliphatic carbocycles. The van der Waals surface area contributed by atoms with Gasteiger partial charge in [0.25, 0.3) is 0 Å². The molecule has 8 heteroatoms. The van der Waals surface area contributed by atoms with Crippen LogP contribution in [0.15, 0.2) is 60.0 Å². The van der Waals surface area contributed by atoms with Gasteiger partial charge in [-0.25, -0.2) is 9.97 Å². The standard InChI is InChI=1S/C23H27N7S/c1-16-10-17(2)12-19(11-16)29-23-27-7-5-20(30-23)22-28-15-21(31-22)26-9-8-25-14-18-4-3-6-24-13-18/h3-7,10-13,21,25-26H,8-9,14-15H2,1-2H3,(H,27,29,30). The molecule has 3 heterocycles. The van der Waals surface area contributed by atoms with Crippen molar-refractivity contribution < 1.29 is 0 Å². The van der Waals surface area contributed by atoms with Crippen LogP contribution in [-0.2, 0) is 6.54 Å². The van der Waals surface area contributed by atoms with Gasteiger partial charge in [-0.05, 0) is 54.8 Å². The maximum atomic E-state index is 4.68. The molecule has 1 unspecified atom stereocenters. The minimum absolute atomic E-state index is 0.265. The summed E-state index contributed by atoms with van der Waals surface area (Å²) in [6.07, 6.45) is 5.46. The lowest BCUT2D eigenvalue weighted by molar-refractivity contribution is 0.599. The molecule has 0 fully saturated rings. The van der Waals surface area contributed by atoms with Crippen LogP contribution in [0.25, 0.3) is 0 Å². The summed E-state index contributed by atoms with van der Waals surface area (Å²) in [5.74, 6) is 0.585. The fourth-order valence-electron chi connectivity index (χ4n) is 3.39. The molecule has 1 aliphatic heterocycles. The second-order valence-electron chi connectivity index (χ2n) is 7.51. The molecule has 0 saturated heterocycles. The summed E-state index contributed by atoms with van der Waals surface area (Å²) in [7, 11) is 0. The first-order valence-electron chi connectivity index (χ1n) is 10.4. The summed E-state index contributed by atoms with van der Waals surface area (Å²) in [4.78, 5) is 17.8. The van der Waals surface area contributed by atoms with Gasteiger partial charge in [0.15, 0.2) is 0 Å². The van der Waals surface area contributed by atoms with Gasteiger partial charge in [-0.15, -0.1) is 0 Å². The third-order valence-electron chi connectivity index (χ3n) is 4.73. The van der Waals surface area contributed by atoms with Gasteiger partial charge < -0.3 is 16.0 Å². The molecular weight excluding hydrogens is 406 g/mol. The Bertz CT molecular complexity index is 1020. The van der Waals surface area contributed by atoms with Gasteiger partial charge in [0, 0.05) is 43.9 Å². The Hall–Kier alpha value is -2.81. The topological polar surface area (TPSA) is 87.1 Å². The summed E-state index contributed by atoms with van der Waals surface area (Å²) in [6, 6.07) is 12.3. The van der Waals surface area contributed by atoms with Crippen molar-refractivity contribution in [1.29, 1.82) is 0 Å². The second-order valence-corrected chi connectivity index (χ2v) is 8.70. The molecule has 31 heavy (non-hydrogen) atoms. The van der Waals surface area contributed by atoms with Crippen molar-refractivity contribution in [3.8, 4) is 0 Å². The number of nitrogens with one attached hydrogen (secondary N) is 3. The lowest BCUT2D eigenvalue weighted by atomic mass is 10.1. The van der Waals surface area contributed by atoms with E-state index in [4.69, 9.17) is 0 Å². The molecule has 1 aromatic carbocycles. The summed E-state index contributed by atoms with van der Waals surface area (Å²) in [5.41, 5.74) is 5.45. The van der Waals surface area contributed by atoms with Crippen LogP contribution in [-0.4, -0.2) is 45.0 Å². The van der Waals surface area contributed by atoms with Crippen molar-refractivity contribution in [2.45, 2.75) is 25.8 Å². The van der Waals surface area contributed by atoms with E-state index in [0.29, 0.717) is 5.95 Å². The molecule has 1 atom stereocenters. The van der Waals surface area contributed by atoms with Crippen LogP contribution in [0.2, 0.25) is 0 Å². The number of pyridine rings is 1. The molecule has 3 N–H and O–H groups in total. The highest BCUT2D eigenvalue weighted by Gasteiger charge is 2.21. The maximum Gasteiger partial charge on any atom is 0.227 e. The SMILES string of the molecule is Cc1cc(C)cc(Nc2nccc(C3=NCC(NCCNCc4cccnc4)S3)n2)c1. The third-order valence-corrected chi connectivity index (χ3v) is 5.89. The summed E-state index contributed by atoms with van der Waals surface area (Å²) >= 11 is 1.72. The summed E-state index contributed by atoms with van der Waals surface area (Å²) < 4.78 is 0. The van der Waals surface area contributed by atoms with Gasteiger partial charge in [-0.2, -0.15) is 0 Å². The highest BCUT2D eigenvalue weighted by atomic mass is 32.2. The fourth-order valence-corrected chi connectivity index (χ4v) is 4.40. The van der Waals surface area contributed by atoms with E-state index in [-0.39, 0.29) is 5.37 Å². The molecule has 1 aliphatic rings. The molecule has 3 aromatic rings. The number of anilines is 2. The molecule has 2 aromatic heterocycles. The zero-order valence-electron chi connectivity index (χ0n) is 17.8. The largest absolute Gasteiger partial charge is 0.324 e. The van der Waals surface area contributed by atoms with Gasteiger partial charge in [-0.3, -0.25) is 9.98 Å². The van der Waals surface area contributed by atoms with Crippen molar-refractivity contribution >= 4 is 28.4 Å². The number of aromatic nitrogens is 3. The molecule has 0 saturated carbocycles. The van der Waals surface area contributed by atoms with Crippen molar-refractivity contribution in [1.82, 2.24) is 25.6 Å². The van der Waals surface area contributed by atoms with E-state index in [9.17, 15) is 0 Å². The first kappa shape index (κ1) is 21.4. The van der Waals surface area contributed by atoms with Crippen LogP contribution in [0.3, 0.4) is 0 Å². The number of aryl methyl sites for hydroxylation is 2. The quantitative estimate of drug-likeness (QED) is 0.446. The lowest BCUT2D eigenvalue weighted by Gasteiger charge is -2.12. The molecular formula is C23H27N7S. The Morgan fingerprint density at radius 2 is 1.94 bits per heavy atom. The monoisotopic (exact) mass is 433 g/mol. The van der Waals surface area contributed by atoms with Crippen LogP contribution >= 0.6 is 11.8 Å². The van der Waals surface area contributed by atoms with Crippen molar-refractivity contribution in [2.24, 2.45) is 4.99 Å². The predicted octanol–water partition coefficient (Wildman–Crippen LogP) is 3.43. The Labute approximate surface area is 187 Å². The molecule has 0 spiro atoms. The number of hydrogen-bond acceptors (Lipinski definition) is 8. The molecule has 160 valence electrons. The summed E-state index contributed by atoms with van der Waals surface area (Å²) in [6.45, 7) is 7.50. The molecule has 4 rings (SSSR count). The van der Waals surface area contributed by atoms with Gasteiger partial charge in [-0.1, -0.05) is 23.9 Å². The zero-order valence-corrected chi connectivity index (χ0v) is 18.6. The van der Waals surface area contributed by atoms with Crippen molar-refractivity contribution in [2.75, 3.05) is 25.0 Å². The van der Waals surface area contributed by atoms with E-state index in [1.165, 1.54) is 16.7 Å². The van der Waals surface area contributed by atoms with Crippen LogP contribution in [0.4, 0.5) is 11.6 Å². The van der Waals surface area contributed by atoms with Crippen LogP contribution in [0.5, 0.6) is 0 Å². The smallest absolute Gasteiger partial charge is 0.227 e. The average molecular weight is 434 g/mol. The zero-order chi connectivity index (χ0) is 21.5. The number of nitrogens with zero attached hydrogens (tertiary/aromatic N) is 4. The number of rotatable bonds is 9. The average Bonchev–Trinajstić information content (AvgIpc) is 3.23. The lowest BCUT2D eigenvalue weighted by Crippen LogP contribution is -2.33. The highest BCUT2D eigenvalue weighted by Crippen LogP contribution is 2.24. The van der Waals surface area contributed by atoms with E-state index in [2.05, 4.69) is 74.0 Å². The van der Waals surface area contributed by atoms with Crippen LogP contribution in [0.1, 0.15) is 22.4 Å². The van der Waals surface area contributed by atoms with E-state index < -0.39 is 0 Å². The second kappa shape index (κ2) is 10.5. The normalized spacial score (nSPS) is 15.7. The van der Waals surface area contributed by atoms with Crippen LogP contribution in [0, 0.1) is 13.8 Å². The predicted molar refractivity (Wildman–Crippen MR) is 128 cm³/mol. The minimum Gasteiger partial charge on any atom is -0.324 e. The number of thioether (sulfide) groups is 1. The fraction of sp³-hybridized carbons (Fsp3) is 0.304. The van der Waals surface area contributed by atoms with E-state index in [0.717, 1.165) is 42.6 Å². The van der Waals surface area contributed by atoms with E-state index >= 15 is 0 Å². The van der Waals surface area contributed by atoms with Gasteiger partial charge in [0.2, 0.25) is 5.95 Å². The maximum absolute atomic E-state index is 4.68. The third kappa shape index (κ3) is 6.33. The number of aliphatic imine (C=N–C) groups is 1. The molecule has 7 nitrogen and oxygen atoms in total. The Kier molecular flexibility index (Phi) is 7.24. The molecule has 0 radical (unpaired) electrons. The highest BCUT2D eigenvalue weighted by molar-refractivity contribution is 8.15. The molecule has 0 amide bonds. The number of benzene rings is 1. The van der Waals surface area contributed by atoms with Crippen molar-refractivity contribution in [3.63, 3.8) is 0 Å². The Morgan fingerprint density at radius 1 is 1.06 bits per heavy atom. The van der Waals surface area contributed by atoms with Gasteiger partial charge in [0.1, 0.15) is 10.7 Å².